The molecule has 4 nitrogen and oxygen atoms in total. The van der Waals surface area contributed by atoms with Crippen LogP contribution in [0, 0.1) is 0 Å². The summed E-state index contributed by atoms with van der Waals surface area (Å²) in [5, 5.41) is 2.32. The van der Waals surface area contributed by atoms with Crippen molar-refractivity contribution in [2.75, 3.05) is 11.1 Å². The van der Waals surface area contributed by atoms with Gasteiger partial charge in [-0.1, -0.05) is 6.92 Å². The second kappa shape index (κ2) is 4.93. The number of sulfone groups is 1. The number of rotatable bonds is 5. The number of nitrogens with one attached hydrogen (secondary N) is 1. The van der Waals surface area contributed by atoms with Crippen LogP contribution in [0.25, 0.3) is 0 Å². The summed E-state index contributed by atoms with van der Waals surface area (Å²) < 4.78 is 23.2. The minimum Gasteiger partial charge on any atom is -0.318 e. The van der Waals surface area contributed by atoms with Crippen molar-refractivity contribution < 1.29 is 13.2 Å². The maximum atomic E-state index is 11.6. The Kier molecular flexibility index (Phi) is 3.85. The lowest BCUT2D eigenvalue weighted by molar-refractivity contribution is 0.561. The predicted molar refractivity (Wildman–Crippen MR) is 58.1 cm³/mol. The first-order chi connectivity index (χ1) is 7.10. The Bertz CT molecular complexity index is 422. The SMILES string of the molecule is CCCS(=O)(=O)c1ccc(N[C]=O)cc1. The van der Waals surface area contributed by atoms with Gasteiger partial charge in [0.25, 0.3) is 0 Å². The van der Waals surface area contributed by atoms with Crippen LogP contribution in [0.3, 0.4) is 0 Å². The average molecular weight is 226 g/mol. The quantitative estimate of drug-likeness (QED) is 0.771. The lowest BCUT2D eigenvalue weighted by Gasteiger charge is -2.03. The predicted octanol–water partition coefficient (Wildman–Crippen LogP) is 1.35. The zero-order valence-electron chi connectivity index (χ0n) is 8.36. The molecule has 1 radical (unpaired) electrons. The summed E-state index contributed by atoms with van der Waals surface area (Å²) in [6.45, 7) is 1.81. The van der Waals surface area contributed by atoms with Crippen LogP contribution in [0.2, 0.25) is 0 Å². The number of carbonyl (C=O) groups excluding carboxylic acids is 1. The molecule has 0 atom stereocenters. The summed E-state index contributed by atoms with van der Waals surface area (Å²) in [6, 6.07) is 6.02. The molecule has 0 saturated carbocycles. The van der Waals surface area contributed by atoms with Crippen molar-refractivity contribution in [3.05, 3.63) is 24.3 Å². The molecule has 1 N–H and O–H groups in total. The van der Waals surface area contributed by atoms with Gasteiger partial charge in [-0.15, -0.1) is 0 Å². The second-order valence-electron chi connectivity index (χ2n) is 3.07. The number of hydrogen-bond acceptors (Lipinski definition) is 3. The fraction of sp³-hybridized carbons (Fsp3) is 0.300. The molecule has 0 saturated heterocycles. The number of amides is 1. The minimum atomic E-state index is -3.17. The van der Waals surface area contributed by atoms with Crippen LogP contribution in [-0.4, -0.2) is 20.6 Å². The number of hydrogen-bond donors (Lipinski definition) is 1. The van der Waals surface area contributed by atoms with Crippen LogP contribution < -0.4 is 5.32 Å². The van der Waals surface area contributed by atoms with Gasteiger partial charge in [-0.2, -0.15) is 0 Å². The topological polar surface area (TPSA) is 63.2 Å². The highest BCUT2D eigenvalue weighted by atomic mass is 32.2. The summed E-state index contributed by atoms with van der Waals surface area (Å²) in [5.74, 6) is 0.138. The Morgan fingerprint density at radius 3 is 2.33 bits per heavy atom. The van der Waals surface area contributed by atoms with E-state index >= 15 is 0 Å². The van der Waals surface area contributed by atoms with Gasteiger partial charge in [0, 0.05) is 5.69 Å². The van der Waals surface area contributed by atoms with Crippen molar-refractivity contribution in [2.24, 2.45) is 0 Å². The lowest BCUT2D eigenvalue weighted by atomic mass is 10.3. The van der Waals surface area contributed by atoms with Crippen molar-refractivity contribution >= 4 is 21.9 Å². The third-order valence-corrected chi connectivity index (χ3v) is 3.82. The monoisotopic (exact) mass is 226 g/mol. The van der Waals surface area contributed by atoms with E-state index in [0.717, 1.165) is 0 Å². The largest absolute Gasteiger partial charge is 0.318 e. The maximum absolute atomic E-state index is 11.6. The standard InChI is InChI=1S/C10H12NO3S/c1-2-7-15(13,14)10-5-3-9(4-6-10)11-8-12/h3-6H,2,7H2,1H3,(H,11,12). The summed E-state index contributed by atoms with van der Waals surface area (Å²) in [5.41, 5.74) is 0.528. The molecule has 0 spiro atoms. The van der Waals surface area contributed by atoms with Crippen molar-refractivity contribution in [1.82, 2.24) is 0 Å². The smallest absolute Gasteiger partial charge is 0.314 e. The molecule has 1 amide bonds. The molecule has 0 unspecified atom stereocenters. The minimum absolute atomic E-state index is 0.138. The molecule has 1 aromatic carbocycles. The van der Waals surface area contributed by atoms with E-state index in [4.69, 9.17) is 0 Å². The first-order valence-electron chi connectivity index (χ1n) is 4.56. The molecule has 0 aromatic heterocycles. The molecule has 81 valence electrons. The van der Waals surface area contributed by atoms with E-state index in [2.05, 4.69) is 5.32 Å². The Labute approximate surface area is 89.2 Å². The fourth-order valence-electron chi connectivity index (χ4n) is 1.19. The fourth-order valence-corrected chi connectivity index (χ4v) is 2.52. The van der Waals surface area contributed by atoms with E-state index in [9.17, 15) is 13.2 Å². The van der Waals surface area contributed by atoms with Gasteiger partial charge in [-0.3, -0.25) is 4.79 Å². The van der Waals surface area contributed by atoms with E-state index in [0.29, 0.717) is 12.1 Å². The molecule has 0 fully saturated rings. The maximum Gasteiger partial charge on any atom is 0.314 e. The van der Waals surface area contributed by atoms with E-state index in [1.807, 2.05) is 6.92 Å². The summed E-state index contributed by atoms with van der Waals surface area (Å²) in [4.78, 5) is 10.3. The molecular weight excluding hydrogens is 214 g/mol. The van der Waals surface area contributed by atoms with E-state index < -0.39 is 9.84 Å². The van der Waals surface area contributed by atoms with Gasteiger partial charge in [0.15, 0.2) is 9.84 Å². The Morgan fingerprint density at radius 2 is 1.87 bits per heavy atom. The van der Waals surface area contributed by atoms with Crippen LogP contribution in [0.4, 0.5) is 5.69 Å². The molecule has 0 aliphatic rings. The van der Waals surface area contributed by atoms with Crippen molar-refractivity contribution in [2.45, 2.75) is 18.2 Å². The molecule has 1 aromatic rings. The highest BCUT2D eigenvalue weighted by Crippen LogP contribution is 2.15. The summed E-state index contributed by atoms with van der Waals surface area (Å²) >= 11 is 0. The summed E-state index contributed by atoms with van der Waals surface area (Å²) in [6.07, 6.45) is 2.11. The molecule has 0 aliphatic heterocycles. The van der Waals surface area contributed by atoms with Crippen LogP contribution in [0.15, 0.2) is 29.2 Å². The van der Waals surface area contributed by atoms with Crippen LogP contribution in [0.1, 0.15) is 13.3 Å². The van der Waals surface area contributed by atoms with Gasteiger partial charge in [0.05, 0.1) is 10.6 Å². The normalized spacial score (nSPS) is 11.0. The van der Waals surface area contributed by atoms with Crippen LogP contribution in [-0.2, 0) is 14.6 Å². The van der Waals surface area contributed by atoms with Crippen molar-refractivity contribution in [1.29, 1.82) is 0 Å². The van der Waals surface area contributed by atoms with E-state index in [1.165, 1.54) is 30.7 Å². The Morgan fingerprint density at radius 1 is 1.27 bits per heavy atom. The molecule has 0 heterocycles. The number of benzene rings is 1. The highest BCUT2D eigenvalue weighted by Gasteiger charge is 2.12. The van der Waals surface area contributed by atoms with Gasteiger partial charge in [-0.25, -0.2) is 8.42 Å². The highest BCUT2D eigenvalue weighted by molar-refractivity contribution is 7.91. The first kappa shape index (κ1) is 11.7. The van der Waals surface area contributed by atoms with Gasteiger partial charge < -0.3 is 5.32 Å². The Hall–Kier alpha value is -1.36. The molecule has 15 heavy (non-hydrogen) atoms. The third kappa shape index (κ3) is 3.06. The molecule has 1 rings (SSSR count). The van der Waals surface area contributed by atoms with Crippen molar-refractivity contribution in [3.63, 3.8) is 0 Å². The second-order valence-corrected chi connectivity index (χ2v) is 5.18. The summed E-state index contributed by atoms with van der Waals surface area (Å²) in [7, 11) is -3.17. The van der Waals surface area contributed by atoms with Gasteiger partial charge >= 0.3 is 6.41 Å². The van der Waals surface area contributed by atoms with Gasteiger partial charge in [0.1, 0.15) is 0 Å². The van der Waals surface area contributed by atoms with Gasteiger partial charge in [-0.05, 0) is 30.7 Å². The molecular formula is C10H12NO3S. The van der Waals surface area contributed by atoms with Gasteiger partial charge in [0.2, 0.25) is 0 Å². The van der Waals surface area contributed by atoms with E-state index in [-0.39, 0.29) is 10.6 Å². The molecule has 5 heteroatoms. The zero-order chi connectivity index (χ0) is 11.3. The molecule has 0 aliphatic carbocycles. The van der Waals surface area contributed by atoms with E-state index in [1.54, 1.807) is 0 Å². The number of anilines is 1. The van der Waals surface area contributed by atoms with Crippen LogP contribution in [0.5, 0.6) is 0 Å². The lowest BCUT2D eigenvalue weighted by Crippen LogP contribution is -2.05. The van der Waals surface area contributed by atoms with Crippen LogP contribution >= 0.6 is 0 Å². The Balaban J connectivity index is 2.93. The third-order valence-electron chi connectivity index (χ3n) is 1.88. The zero-order valence-corrected chi connectivity index (χ0v) is 9.17. The van der Waals surface area contributed by atoms with Crippen molar-refractivity contribution in [3.8, 4) is 0 Å². The first-order valence-corrected chi connectivity index (χ1v) is 6.21. The average Bonchev–Trinajstić information content (AvgIpc) is 2.19. The molecule has 0 bridgehead atoms.